The number of ether oxygens (including phenoxy) is 1. The zero-order valence-corrected chi connectivity index (χ0v) is 19.5. The first-order chi connectivity index (χ1) is 16.2. The number of Topliss-reactive ketones (excluding diaryl/α,β-unsaturated/α-hetero) is 1. The highest BCUT2D eigenvalue weighted by molar-refractivity contribution is 7.92. The van der Waals surface area contributed by atoms with Gasteiger partial charge in [-0.2, -0.15) is 0 Å². The highest BCUT2D eigenvalue weighted by atomic mass is 32.2. The van der Waals surface area contributed by atoms with Gasteiger partial charge in [0.05, 0.1) is 16.1 Å². The van der Waals surface area contributed by atoms with Gasteiger partial charge in [-0.25, -0.2) is 13.2 Å². The van der Waals surface area contributed by atoms with Crippen molar-refractivity contribution < 1.29 is 27.5 Å². The summed E-state index contributed by atoms with van der Waals surface area (Å²) in [6.45, 7) is 1.26. The summed E-state index contributed by atoms with van der Waals surface area (Å²) in [6, 6.07) is 20.2. The van der Waals surface area contributed by atoms with E-state index in [4.69, 9.17) is 4.74 Å². The van der Waals surface area contributed by atoms with Gasteiger partial charge in [0.2, 0.25) is 5.91 Å². The second-order valence-corrected chi connectivity index (χ2v) is 9.28. The van der Waals surface area contributed by atoms with E-state index in [-0.39, 0.29) is 16.4 Å². The normalized spacial score (nSPS) is 10.9. The molecule has 1 N–H and O–H groups in total. The number of carbonyl (C=O) groups is 3. The quantitative estimate of drug-likeness (QED) is 0.367. The second kappa shape index (κ2) is 10.8. The van der Waals surface area contributed by atoms with Gasteiger partial charge in [0.25, 0.3) is 10.0 Å². The first kappa shape index (κ1) is 24.7. The van der Waals surface area contributed by atoms with Gasteiger partial charge in [-0.05, 0) is 60.7 Å². The number of rotatable bonds is 9. The van der Waals surface area contributed by atoms with Gasteiger partial charge < -0.3 is 10.1 Å². The predicted molar refractivity (Wildman–Crippen MR) is 128 cm³/mol. The van der Waals surface area contributed by atoms with Crippen LogP contribution in [0.25, 0.3) is 0 Å². The standard InChI is InChI=1S/C25H24N2O6S/c1-3-24(29)26-20-13-9-18(10-14-20)23(28)17-33-25(30)19-11-15-22(16-12-19)34(31,32)27(2)21-7-5-4-6-8-21/h4-16H,3,17H2,1-2H3,(H,26,29). The number of ketones is 1. The zero-order chi connectivity index (χ0) is 24.7. The molecule has 3 aromatic rings. The largest absolute Gasteiger partial charge is 0.454 e. The van der Waals surface area contributed by atoms with E-state index in [9.17, 15) is 22.8 Å². The third-order valence-corrected chi connectivity index (χ3v) is 6.81. The number of esters is 1. The van der Waals surface area contributed by atoms with Gasteiger partial charge in [0.1, 0.15) is 0 Å². The van der Waals surface area contributed by atoms with Crippen LogP contribution in [-0.4, -0.2) is 39.7 Å². The highest BCUT2D eigenvalue weighted by Crippen LogP contribution is 2.22. The number of sulfonamides is 1. The molecule has 0 aliphatic heterocycles. The zero-order valence-electron chi connectivity index (χ0n) is 18.7. The Bertz CT molecular complexity index is 1270. The lowest BCUT2D eigenvalue weighted by molar-refractivity contribution is -0.115. The van der Waals surface area contributed by atoms with Gasteiger partial charge in [-0.1, -0.05) is 25.1 Å². The third kappa shape index (κ3) is 5.87. The molecule has 9 heteroatoms. The molecule has 0 fully saturated rings. The summed E-state index contributed by atoms with van der Waals surface area (Å²) in [5.41, 5.74) is 1.51. The lowest BCUT2D eigenvalue weighted by Gasteiger charge is -2.19. The Morgan fingerprint density at radius 2 is 1.44 bits per heavy atom. The molecule has 0 saturated heterocycles. The summed E-state index contributed by atoms with van der Waals surface area (Å²) >= 11 is 0. The minimum atomic E-state index is -3.81. The van der Waals surface area contributed by atoms with Crippen LogP contribution in [0.2, 0.25) is 0 Å². The van der Waals surface area contributed by atoms with Gasteiger partial charge >= 0.3 is 5.97 Å². The number of anilines is 2. The molecule has 0 unspecified atom stereocenters. The van der Waals surface area contributed by atoms with E-state index in [1.807, 2.05) is 0 Å². The number of para-hydroxylation sites is 1. The number of nitrogens with one attached hydrogen (secondary N) is 1. The van der Waals surface area contributed by atoms with Crippen LogP contribution in [-0.2, 0) is 19.6 Å². The summed E-state index contributed by atoms with van der Waals surface area (Å²) in [5, 5.41) is 2.68. The third-order valence-electron chi connectivity index (χ3n) is 5.01. The lowest BCUT2D eigenvalue weighted by atomic mass is 10.1. The van der Waals surface area contributed by atoms with E-state index >= 15 is 0 Å². The topological polar surface area (TPSA) is 110 Å². The van der Waals surface area contributed by atoms with Gasteiger partial charge in [-0.15, -0.1) is 0 Å². The Hall–Kier alpha value is -3.98. The maximum atomic E-state index is 12.8. The van der Waals surface area contributed by atoms with Crippen molar-refractivity contribution in [1.82, 2.24) is 0 Å². The molecule has 0 aliphatic rings. The van der Waals surface area contributed by atoms with Crippen molar-refractivity contribution in [2.24, 2.45) is 0 Å². The van der Waals surface area contributed by atoms with E-state index in [0.29, 0.717) is 23.4 Å². The fourth-order valence-electron chi connectivity index (χ4n) is 2.98. The fraction of sp³-hybridized carbons (Fsp3) is 0.160. The van der Waals surface area contributed by atoms with Crippen LogP contribution >= 0.6 is 0 Å². The summed E-state index contributed by atoms with van der Waals surface area (Å²) in [6.07, 6.45) is 0.341. The van der Waals surface area contributed by atoms with Gasteiger partial charge in [-0.3, -0.25) is 13.9 Å². The molecule has 3 aromatic carbocycles. The van der Waals surface area contributed by atoms with Crippen LogP contribution in [0.15, 0.2) is 83.8 Å². The minimum Gasteiger partial charge on any atom is -0.454 e. The van der Waals surface area contributed by atoms with Crippen molar-refractivity contribution in [2.75, 3.05) is 23.3 Å². The van der Waals surface area contributed by atoms with E-state index in [1.54, 1.807) is 49.4 Å². The Kier molecular flexibility index (Phi) is 7.80. The Balaban J connectivity index is 1.60. The molecule has 0 saturated carbocycles. The summed E-state index contributed by atoms with van der Waals surface area (Å²) in [7, 11) is -2.36. The minimum absolute atomic E-state index is 0.0155. The molecule has 0 atom stereocenters. The maximum absolute atomic E-state index is 12.8. The molecular formula is C25H24N2O6S. The number of nitrogens with zero attached hydrogens (tertiary/aromatic N) is 1. The maximum Gasteiger partial charge on any atom is 0.338 e. The van der Waals surface area contributed by atoms with Crippen LogP contribution in [0.3, 0.4) is 0 Å². The molecule has 0 spiro atoms. The van der Waals surface area contributed by atoms with Crippen molar-refractivity contribution in [3.8, 4) is 0 Å². The summed E-state index contributed by atoms with van der Waals surface area (Å²) in [5.74, 6) is -1.30. The summed E-state index contributed by atoms with van der Waals surface area (Å²) < 4.78 is 31.9. The monoisotopic (exact) mass is 480 g/mol. The molecule has 34 heavy (non-hydrogen) atoms. The predicted octanol–water partition coefficient (Wildman–Crippen LogP) is 3.90. The molecule has 176 valence electrons. The van der Waals surface area contributed by atoms with E-state index in [1.165, 1.54) is 43.4 Å². The Morgan fingerprint density at radius 1 is 0.853 bits per heavy atom. The SMILES string of the molecule is CCC(=O)Nc1ccc(C(=O)COC(=O)c2ccc(S(=O)(=O)N(C)c3ccccc3)cc2)cc1. The summed E-state index contributed by atoms with van der Waals surface area (Å²) in [4.78, 5) is 36.1. The van der Waals surface area contributed by atoms with Crippen LogP contribution in [0, 0.1) is 0 Å². The first-order valence-electron chi connectivity index (χ1n) is 10.5. The molecule has 8 nitrogen and oxygen atoms in total. The number of hydrogen-bond acceptors (Lipinski definition) is 6. The van der Waals surface area contributed by atoms with Crippen molar-refractivity contribution in [3.63, 3.8) is 0 Å². The highest BCUT2D eigenvalue weighted by Gasteiger charge is 2.22. The van der Waals surface area contributed by atoms with Crippen molar-refractivity contribution in [2.45, 2.75) is 18.2 Å². The molecule has 0 heterocycles. The van der Waals surface area contributed by atoms with Gasteiger partial charge in [0, 0.05) is 24.7 Å². The van der Waals surface area contributed by atoms with Crippen molar-refractivity contribution >= 4 is 39.1 Å². The number of amides is 1. The number of hydrogen-bond donors (Lipinski definition) is 1. The fourth-order valence-corrected chi connectivity index (χ4v) is 4.18. The van der Waals surface area contributed by atoms with Crippen LogP contribution in [0.1, 0.15) is 34.1 Å². The van der Waals surface area contributed by atoms with Crippen molar-refractivity contribution in [3.05, 3.63) is 90.0 Å². The van der Waals surface area contributed by atoms with E-state index < -0.39 is 28.4 Å². The molecule has 0 aliphatic carbocycles. The number of carbonyl (C=O) groups excluding carboxylic acids is 3. The first-order valence-corrected chi connectivity index (χ1v) is 11.9. The average molecular weight is 481 g/mol. The van der Waals surface area contributed by atoms with Crippen LogP contribution < -0.4 is 9.62 Å². The molecule has 0 aromatic heterocycles. The van der Waals surface area contributed by atoms with E-state index in [0.717, 1.165) is 4.31 Å². The van der Waals surface area contributed by atoms with Crippen LogP contribution in [0.5, 0.6) is 0 Å². The van der Waals surface area contributed by atoms with Gasteiger partial charge in [0.15, 0.2) is 12.4 Å². The Labute approximate surface area is 198 Å². The molecule has 0 radical (unpaired) electrons. The second-order valence-electron chi connectivity index (χ2n) is 7.31. The molecule has 0 bridgehead atoms. The smallest absolute Gasteiger partial charge is 0.338 e. The van der Waals surface area contributed by atoms with Crippen molar-refractivity contribution in [1.29, 1.82) is 0 Å². The Morgan fingerprint density at radius 3 is 2.03 bits per heavy atom. The van der Waals surface area contributed by atoms with E-state index in [2.05, 4.69) is 5.32 Å². The van der Waals surface area contributed by atoms with Crippen LogP contribution in [0.4, 0.5) is 11.4 Å². The molecule has 3 rings (SSSR count). The molecule has 1 amide bonds. The average Bonchev–Trinajstić information content (AvgIpc) is 2.87. The number of benzene rings is 3. The lowest BCUT2D eigenvalue weighted by Crippen LogP contribution is -2.26. The molecular weight excluding hydrogens is 456 g/mol.